The van der Waals surface area contributed by atoms with Crippen molar-refractivity contribution in [3.8, 4) is 6.07 Å². The van der Waals surface area contributed by atoms with Gasteiger partial charge in [0.05, 0.1) is 22.9 Å². The van der Waals surface area contributed by atoms with E-state index in [2.05, 4.69) is 37.3 Å². The number of thiophene rings is 1. The molecule has 0 fully saturated rings. The predicted molar refractivity (Wildman–Crippen MR) is 120 cm³/mol. The largest absolute Gasteiger partial charge is 0.408 e. The average molecular weight is 464 g/mol. The van der Waals surface area contributed by atoms with E-state index in [-0.39, 0.29) is 28.6 Å². The van der Waals surface area contributed by atoms with Crippen LogP contribution in [-0.4, -0.2) is 20.6 Å². The molecule has 0 bridgehead atoms. The fourth-order valence-electron chi connectivity index (χ4n) is 3.95. The number of carbonyl (C=O) groups is 1. The molecule has 1 atom stereocenters. The highest BCUT2D eigenvalue weighted by Gasteiger charge is 2.32. The van der Waals surface area contributed by atoms with Gasteiger partial charge >= 0.3 is 5.82 Å². The number of anilines is 1. The Bertz CT molecular complexity index is 1060. The van der Waals surface area contributed by atoms with Gasteiger partial charge in [0.25, 0.3) is 0 Å². The van der Waals surface area contributed by atoms with Gasteiger partial charge < -0.3 is 15.4 Å². The van der Waals surface area contributed by atoms with Crippen molar-refractivity contribution in [2.45, 2.75) is 66.3 Å². The summed E-state index contributed by atoms with van der Waals surface area (Å²) in [5.74, 6) is -0.00480. The predicted octanol–water partition coefficient (Wildman–Crippen LogP) is 5.26. The summed E-state index contributed by atoms with van der Waals surface area (Å²) in [6.45, 7) is 8.72. The molecule has 2 heterocycles. The number of hydrogen-bond acceptors (Lipinski definition) is 6. The third-order valence-corrected chi connectivity index (χ3v) is 7.53. The second-order valence-corrected chi connectivity index (χ2v) is 10.5. The Morgan fingerprint density at radius 1 is 1.48 bits per heavy atom. The second kappa shape index (κ2) is 8.97. The van der Waals surface area contributed by atoms with E-state index < -0.39 is 4.92 Å². The van der Waals surface area contributed by atoms with Crippen LogP contribution in [-0.2, 0) is 24.2 Å². The number of nitro groups is 1. The Hall–Kier alpha value is -2.44. The van der Waals surface area contributed by atoms with Gasteiger partial charge in [0.1, 0.15) is 11.1 Å². The van der Waals surface area contributed by atoms with Crippen molar-refractivity contribution in [3.05, 3.63) is 36.8 Å². The number of nitrogens with zero attached hydrogens (tertiary/aromatic N) is 4. The van der Waals surface area contributed by atoms with E-state index in [9.17, 15) is 20.2 Å². The Morgan fingerprint density at radius 3 is 2.77 bits per heavy atom. The maximum Gasteiger partial charge on any atom is 0.408 e. The van der Waals surface area contributed by atoms with Gasteiger partial charge in [-0.1, -0.05) is 32.4 Å². The lowest BCUT2D eigenvalue weighted by Crippen LogP contribution is -2.26. The highest BCUT2D eigenvalue weighted by molar-refractivity contribution is 7.16. The second-order valence-electron chi connectivity index (χ2n) is 8.98. The molecule has 0 spiro atoms. The Kier molecular flexibility index (Phi) is 6.72. The molecular formula is C21H26ClN5O3S. The average Bonchev–Trinajstić information content (AvgIpc) is 3.18. The number of amides is 1. The molecule has 0 saturated heterocycles. The van der Waals surface area contributed by atoms with Gasteiger partial charge in [-0.15, -0.1) is 11.3 Å². The van der Waals surface area contributed by atoms with Crippen LogP contribution in [0.3, 0.4) is 0 Å². The lowest BCUT2D eigenvalue weighted by molar-refractivity contribution is -0.389. The molecule has 1 N–H and O–H groups in total. The summed E-state index contributed by atoms with van der Waals surface area (Å²) >= 11 is 7.46. The molecule has 166 valence electrons. The topological polar surface area (TPSA) is 114 Å². The monoisotopic (exact) mass is 463 g/mol. The zero-order valence-corrected chi connectivity index (χ0v) is 19.7. The molecule has 8 nitrogen and oxygen atoms in total. The molecule has 0 radical (unpaired) electrons. The Balaban J connectivity index is 1.63. The number of nitriles is 1. The molecule has 2 aromatic rings. The number of fused-ring (bicyclic) bond motifs is 1. The molecule has 10 heteroatoms. The lowest BCUT2D eigenvalue weighted by Gasteiger charge is -2.33. The summed E-state index contributed by atoms with van der Waals surface area (Å²) in [6, 6.07) is 2.27. The number of rotatable bonds is 6. The molecule has 1 aliphatic rings. The van der Waals surface area contributed by atoms with Gasteiger partial charge in [0.15, 0.2) is 5.02 Å². The van der Waals surface area contributed by atoms with E-state index in [1.54, 1.807) is 6.92 Å². The van der Waals surface area contributed by atoms with Gasteiger partial charge in [-0.3, -0.25) is 4.79 Å². The van der Waals surface area contributed by atoms with E-state index in [0.717, 1.165) is 24.8 Å². The molecule has 0 saturated carbocycles. The van der Waals surface area contributed by atoms with Crippen molar-refractivity contribution in [2.24, 2.45) is 11.3 Å². The zero-order chi connectivity index (χ0) is 22.9. The number of hydrogen-bond donors (Lipinski definition) is 1. The van der Waals surface area contributed by atoms with Crippen LogP contribution in [0.2, 0.25) is 5.02 Å². The molecule has 0 aliphatic heterocycles. The summed E-state index contributed by atoms with van der Waals surface area (Å²) < 4.78 is 1.45. The number of aryl methyl sites for hydroxylation is 1. The van der Waals surface area contributed by atoms with Gasteiger partial charge in [-0.25, -0.2) is 0 Å². The first-order valence-corrected chi connectivity index (χ1v) is 11.4. The third kappa shape index (κ3) is 4.91. The highest BCUT2D eigenvalue weighted by Crippen LogP contribution is 2.44. The standard InChI is InChI=1S/C21H26ClN5O3S/c1-12-18(22)19(27(29)30)25-26(12)9-5-6-17(28)24-20-15(11-23)14-8-7-13(21(2,3)4)10-16(14)31-20/h13H,5-10H2,1-4H3,(H,24,28)/t13-/m0/s1. The molecule has 1 aliphatic carbocycles. The van der Waals surface area contributed by atoms with E-state index >= 15 is 0 Å². The van der Waals surface area contributed by atoms with Gasteiger partial charge in [0.2, 0.25) is 5.91 Å². The molecular weight excluding hydrogens is 438 g/mol. The number of carbonyl (C=O) groups excluding carboxylic acids is 1. The van der Waals surface area contributed by atoms with E-state index in [1.165, 1.54) is 20.9 Å². The van der Waals surface area contributed by atoms with Crippen molar-refractivity contribution in [3.63, 3.8) is 0 Å². The van der Waals surface area contributed by atoms with Gasteiger partial charge in [0, 0.05) is 11.3 Å². The van der Waals surface area contributed by atoms with Crippen molar-refractivity contribution in [1.29, 1.82) is 5.26 Å². The van der Waals surface area contributed by atoms with E-state index in [1.807, 2.05) is 0 Å². The molecule has 3 rings (SSSR count). The molecule has 0 unspecified atom stereocenters. The quantitative estimate of drug-likeness (QED) is 0.463. The van der Waals surface area contributed by atoms with Crippen molar-refractivity contribution >= 4 is 39.7 Å². The summed E-state index contributed by atoms with van der Waals surface area (Å²) in [4.78, 5) is 24.0. The van der Waals surface area contributed by atoms with Crippen LogP contribution in [0.25, 0.3) is 0 Å². The van der Waals surface area contributed by atoms with E-state index in [4.69, 9.17) is 11.6 Å². The maximum atomic E-state index is 12.5. The SMILES string of the molecule is Cc1c(Cl)c([N+](=O)[O-])nn1CCCC(=O)Nc1sc2c(c1C#N)CC[C@H](C(C)(C)C)C2. The van der Waals surface area contributed by atoms with Crippen LogP contribution in [0.15, 0.2) is 0 Å². The number of aromatic nitrogens is 2. The van der Waals surface area contributed by atoms with Gasteiger partial charge in [-0.05, 0) is 54.4 Å². The smallest absolute Gasteiger partial charge is 0.358 e. The van der Waals surface area contributed by atoms with Crippen molar-refractivity contribution in [2.75, 3.05) is 5.32 Å². The number of halogens is 1. The fraction of sp³-hybridized carbons (Fsp3) is 0.571. The first-order chi connectivity index (χ1) is 14.5. The molecule has 0 aromatic carbocycles. The van der Waals surface area contributed by atoms with Crippen LogP contribution < -0.4 is 5.32 Å². The fourth-order valence-corrected chi connectivity index (χ4v) is 5.45. The lowest BCUT2D eigenvalue weighted by atomic mass is 9.72. The summed E-state index contributed by atoms with van der Waals surface area (Å²) in [5, 5.41) is 28.1. The normalized spacial score (nSPS) is 15.9. The van der Waals surface area contributed by atoms with Gasteiger partial charge in [-0.2, -0.15) is 9.94 Å². The zero-order valence-electron chi connectivity index (χ0n) is 18.1. The minimum Gasteiger partial charge on any atom is -0.358 e. The van der Waals surface area contributed by atoms with Crippen LogP contribution in [0.4, 0.5) is 10.8 Å². The van der Waals surface area contributed by atoms with Crippen LogP contribution in [0.1, 0.15) is 61.7 Å². The minimum atomic E-state index is -0.620. The maximum absolute atomic E-state index is 12.5. The minimum absolute atomic E-state index is 0.0193. The van der Waals surface area contributed by atoms with Crippen LogP contribution >= 0.6 is 22.9 Å². The highest BCUT2D eigenvalue weighted by atomic mass is 35.5. The summed E-state index contributed by atoms with van der Waals surface area (Å²) in [5.41, 5.74) is 2.38. The van der Waals surface area contributed by atoms with Crippen molar-refractivity contribution < 1.29 is 9.72 Å². The van der Waals surface area contributed by atoms with Crippen LogP contribution in [0.5, 0.6) is 0 Å². The molecule has 31 heavy (non-hydrogen) atoms. The molecule has 2 aromatic heterocycles. The Morgan fingerprint density at radius 2 is 2.19 bits per heavy atom. The summed E-state index contributed by atoms with van der Waals surface area (Å²) in [6.07, 6.45) is 3.51. The first-order valence-electron chi connectivity index (χ1n) is 10.2. The third-order valence-electron chi connectivity index (χ3n) is 5.92. The summed E-state index contributed by atoms with van der Waals surface area (Å²) in [7, 11) is 0. The first kappa shape index (κ1) is 23.2. The van der Waals surface area contributed by atoms with Crippen LogP contribution in [0, 0.1) is 39.7 Å². The molecule has 1 amide bonds. The Labute approximate surface area is 190 Å². The van der Waals surface area contributed by atoms with E-state index in [0.29, 0.717) is 35.1 Å². The van der Waals surface area contributed by atoms with Crippen molar-refractivity contribution in [1.82, 2.24) is 9.78 Å². The number of nitrogens with one attached hydrogen (secondary N) is 1.